The number of nitrogen functional groups attached to an aromatic ring is 1. The van der Waals surface area contributed by atoms with Crippen molar-refractivity contribution in [3.63, 3.8) is 0 Å². The molecular formula is C14H20N2O3. The first-order valence-electron chi connectivity index (χ1n) is 6.41. The second-order valence-electron chi connectivity index (χ2n) is 5.55. The van der Waals surface area contributed by atoms with Crippen LogP contribution in [0.5, 0.6) is 0 Å². The summed E-state index contributed by atoms with van der Waals surface area (Å²) in [6, 6.07) is 5.13. The number of carbonyl (C=O) groups is 1. The quantitative estimate of drug-likeness (QED) is 0.730. The molecule has 1 atom stereocenters. The molecule has 1 aromatic rings. The van der Waals surface area contributed by atoms with Gasteiger partial charge in [-0.15, -0.1) is 0 Å². The number of carboxylic acid groups (broad SMARTS) is 1. The predicted octanol–water partition coefficient (Wildman–Crippen LogP) is 2.34. The summed E-state index contributed by atoms with van der Waals surface area (Å²) in [5, 5.41) is 12.5. The van der Waals surface area contributed by atoms with Crippen molar-refractivity contribution in [2.45, 2.75) is 38.3 Å². The number of aromatic carboxylic acids is 1. The third-order valence-corrected chi connectivity index (χ3v) is 3.33. The Hall–Kier alpha value is -1.75. The lowest BCUT2D eigenvalue weighted by molar-refractivity contribution is -0.0553. The number of carboxylic acids is 1. The Morgan fingerprint density at radius 2 is 2.26 bits per heavy atom. The van der Waals surface area contributed by atoms with Crippen molar-refractivity contribution in [1.82, 2.24) is 0 Å². The molecule has 5 nitrogen and oxygen atoms in total. The number of benzene rings is 1. The first-order valence-corrected chi connectivity index (χ1v) is 6.41. The maximum atomic E-state index is 11.2. The summed E-state index contributed by atoms with van der Waals surface area (Å²) < 4.78 is 5.65. The highest BCUT2D eigenvalue weighted by atomic mass is 16.5. The normalized spacial score (nSPS) is 21.9. The van der Waals surface area contributed by atoms with Crippen molar-refractivity contribution in [2.24, 2.45) is 0 Å². The minimum absolute atomic E-state index is 0.174. The van der Waals surface area contributed by atoms with E-state index >= 15 is 0 Å². The van der Waals surface area contributed by atoms with Gasteiger partial charge in [-0.25, -0.2) is 4.79 Å². The fourth-order valence-corrected chi connectivity index (χ4v) is 2.44. The molecule has 1 fully saturated rings. The zero-order valence-corrected chi connectivity index (χ0v) is 11.3. The Morgan fingerprint density at radius 3 is 2.89 bits per heavy atom. The van der Waals surface area contributed by atoms with Crippen molar-refractivity contribution in [3.8, 4) is 0 Å². The molecule has 1 aliphatic heterocycles. The van der Waals surface area contributed by atoms with E-state index in [2.05, 4.69) is 5.32 Å². The van der Waals surface area contributed by atoms with Crippen molar-refractivity contribution in [3.05, 3.63) is 23.8 Å². The molecule has 0 aliphatic carbocycles. The summed E-state index contributed by atoms with van der Waals surface area (Å²) in [6.07, 6.45) is 1.71. The van der Waals surface area contributed by atoms with Gasteiger partial charge in [0.05, 0.1) is 11.2 Å². The van der Waals surface area contributed by atoms with E-state index in [1.54, 1.807) is 12.1 Å². The Morgan fingerprint density at radius 1 is 1.53 bits per heavy atom. The van der Waals surface area contributed by atoms with E-state index in [1.165, 1.54) is 6.07 Å². The first kappa shape index (κ1) is 13.7. The Labute approximate surface area is 112 Å². The van der Waals surface area contributed by atoms with Crippen LogP contribution in [-0.2, 0) is 4.74 Å². The van der Waals surface area contributed by atoms with Crippen molar-refractivity contribution in [1.29, 1.82) is 0 Å². The maximum absolute atomic E-state index is 11.2. The molecule has 1 heterocycles. The summed E-state index contributed by atoms with van der Waals surface area (Å²) in [5.74, 6) is -0.971. The largest absolute Gasteiger partial charge is 0.478 e. The molecule has 0 amide bonds. The summed E-state index contributed by atoms with van der Waals surface area (Å²) in [6.45, 7) is 4.77. The minimum Gasteiger partial charge on any atom is -0.478 e. The zero-order chi connectivity index (χ0) is 14.0. The molecule has 4 N–H and O–H groups in total. The number of nitrogens with two attached hydrogens (primary N) is 1. The number of hydrogen-bond acceptors (Lipinski definition) is 4. The topological polar surface area (TPSA) is 84.6 Å². The van der Waals surface area contributed by atoms with Gasteiger partial charge in [-0.2, -0.15) is 0 Å². The number of nitrogens with one attached hydrogen (secondary N) is 1. The van der Waals surface area contributed by atoms with Crippen LogP contribution in [0, 0.1) is 0 Å². The molecule has 19 heavy (non-hydrogen) atoms. The monoisotopic (exact) mass is 264 g/mol. The van der Waals surface area contributed by atoms with Crippen LogP contribution in [0.1, 0.15) is 37.0 Å². The zero-order valence-electron chi connectivity index (χ0n) is 11.3. The summed E-state index contributed by atoms with van der Waals surface area (Å²) in [4.78, 5) is 11.2. The van der Waals surface area contributed by atoms with E-state index in [0.29, 0.717) is 18.0 Å². The van der Waals surface area contributed by atoms with E-state index in [1.807, 2.05) is 13.8 Å². The molecule has 0 bridgehead atoms. The van der Waals surface area contributed by atoms with E-state index in [-0.39, 0.29) is 17.2 Å². The average Bonchev–Trinajstić information content (AvgIpc) is 2.30. The molecule has 0 radical (unpaired) electrons. The minimum atomic E-state index is -0.971. The molecule has 0 aromatic heterocycles. The van der Waals surface area contributed by atoms with Crippen molar-refractivity contribution >= 4 is 17.3 Å². The lowest BCUT2D eigenvalue weighted by Crippen LogP contribution is -2.40. The van der Waals surface area contributed by atoms with Crippen LogP contribution in [-0.4, -0.2) is 29.3 Å². The Kier molecular flexibility index (Phi) is 3.66. The lowest BCUT2D eigenvalue weighted by Gasteiger charge is -2.36. The highest BCUT2D eigenvalue weighted by molar-refractivity contribution is 5.95. The molecule has 1 saturated heterocycles. The fraction of sp³-hybridized carbons (Fsp3) is 0.500. The molecule has 2 rings (SSSR count). The van der Waals surface area contributed by atoms with Gasteiger partial charge in [-0.05, 0) is 44.9 Å². The molecule has 1 unspecified atom stereocenters. The summed E-state index contributed by atoms with van der Waals surface area (Å²) in [7, 11) is 0. The highest BCUT2D eigenvalue weighted by Gasteiger charge is 2.29. The van der Waals surface area contributed by atoms with Gasteiger partial charge in [0.25, 0.3) is 0 Å². The van der Waals surface area contributed by atoms with Crippen LogP contribution in [0.2, 0.25) is 0 Å². The van der Waals surface area contributed by atoms with Crippen LogP contribution in [0.15, 0.2) is 18.2 Å². The van der Waals surface area contributed by atoms with Crippen molar-refractivity contribution < 1.29 is 14.6 Å². The molecule has 1 aromatic carbocycles. The van der Waals surface area contributed by atoms with Gasteiger partial charge >= 0.3 is 5.97 Å². The van der Waals surface area contributed by atoms with Gasteiger partial charge in [0.1, 0.15) is 0 Å². The third-order valence-electron chi connectivity index (χ3n) is 3.33. The second kappa shape index (κ2) is 5.09. The van der Waals surface area contributed by atoms with Gasteiger partial charge in [-0.3, -0.25) is 0 Å². The van der Waals surface area contributed by atoms with Gasteiger partial charge in [0.2, 0.25) is 0 Å². The average molecular weight is 264 g/mol. The third kappa shape index (κ3) is 3.38. The first-order chi connectivity index (χ1) is 8.87. The maximum Gasteiger partial charge on any atom is 0.337 e. The molecular weight excluding hydrogens is 244 g/mol. The summed E-state index contributed by atoms with van der Waals surface area (Å²) in [5.41, 5.74) is 6.74. The second-order valence-corrected chi connectivity index (χ2v) is 5.55. The van der Waals surface area contributed by atoms with Crippen LogP contribution < -0.4 is 11.1 Å². The fourth-order valence-electron chi connectivity index (χ4n) is 2.44. The van der Waals surface area contributed by atoms with E-state index < -0.39 is 5.97 Å². The SMILES string of the molecule is CC1(C)CC(Nc2ccc(N)cc2C(=O)O)CCO1. The van der Waals surface area contributed by atoms with Crippen molar-refractivity contribution in [2.75, 3.05) is 17.7 Å². The number of hydrogen-bond donors (Lipinski definition) is 3. The van der Waals surface area contributed by atoms with Gasteiger partial charge in [0, 0.05) is 24.0 Å². The molecule has 0 spiro atoms. The van der Waals surface area contributed by atoms with Crippen LogP contribution >= 0.6 is 0 Å². The smallest absolute Gasteiger partial charge is 0.337 e. The molecule has 5 heteroatoms. The highest BCUT2D eigenvalue weighted by Crippen LogP contribution is 2.28. The van der Waals surface area contributed by atoms with Crippen LogP contribution in [0.3, 0.4) is 0 Å². The van der Waals surface area contributed by atoms with E-state index in [9.17, 15) is 9.90 Å². The Balaban J connectivity index is 2.17. The van der Waals surface area contributed by atoms with E-state index in [4.69, 9.17) is 10.5 Å². The lowest BCUT2D eigenvalue weighted by atomic mass is 9.93. The van der Waals surface area contributed by atoms with E-state index in [0.717, 1.165) is 12.8 Å². The summed E-state index contributed by atoms with van der Waals surface area (Å²) >= 11 is 0. The van der Waals surface area contributed by atoms with Gasteiger partial charge in [0.15, 0.2) is 0 Å². The van der Waals surface area contributed by atoms with Gasteiger partial charge < -0.3 is 20.9 Å². The molecule has 0 saturated carbocycles. The number of rotatable bonds is 3. The predicted molar refractivity (Wildman–Crippen MR) is 74.5 cm³/mol. The van der Waals surface area contributed by atoms with Gasteiger partial charge in [-0.1, -0.05) is 0 Å². The van der Waals surface area contributed by atoms with Crippen LogP contribution in [0.4, 0.5) is 11.4 Å². The Bertz CT molecular complexity index is 486. The standard InChI is InChI=1S/C14H20N2O3/c1-14(2)8-10(5-6-19-14)16-12-4-3-9(15)7-11(12)13(17)18/h3-4,7,10,16H,5-6,8,15H2,1-2H3,(H,17,18). The molecule has 1 aliphatic rings. The number of ether oxygens (including phenoxy) is 1. The number of anilines is 2. The van der Waals surface area contributed by atoms with Crippen LogP contribution in [0.25, 0.3) is 0 Å². The molecule has 104 valence electrons.